The van der Waals surface area contributed by atoms with Gasteiger partial charge in [-0.25, -0.2) is 0 Å². The van der Waals surface area contributed by atoms with E-state index in [1.807, 2.05) is 0 Å². The molecule has 13 heteroatoms. The zero-order valence-corrected chi connectivity index (χ0v) is 18.1. The highest BCUT2D eigenvalue weighted by Gasteiger charge is 2.29. The first-order chi connectivity index (χ1) is 14.3. The molecule has 0 aliphatic carbocycles. The van der Waals surface area contributed by atoms with Crippen LogP contribution in [0, 0.1) is 5.92 Å². The molecular formula is C18H32N6O7. The summed E-state index contributed by atoms with van der Waals surface area (Å²) in [7, 11) is 0. The number of hydrogen-bond acceptors (Lipinski definition) is 7. The third kappa shape index (κ3) is 10.9. The van der Waals surface area contributed by atoms with Gasteiger partial charge in [0.2, 0.25) is 29.5 Å². The van der Waals surface area contributed by atoms with Crippen molar-refractivity contribution in [3.8, 4) is 0 Å². The van der Waals surface area contributed by atoms with Gasteiger partial charge in [0.1, 0.15) is 24.7 Å². The van der Waals surface area contributed by atoms with Gasteiger partial charge in [-0.3, -0.25) is 28.8 Å². The molecular weight excluding hydrogens is 412 g/mol. The number of carbonyl (C=O) groups is 6. The Hall–Kier alpha value is -3.22. The van der Waals surface area contributed by atoms with Crippen molar-refractivity contribution in [3.63, 3.8) is 0 Å². The molecule has 176 valence electrons. The van der Waals surface area contributed by atoms with Crippen molar-refractivity contribution >= 4 is 35.5 Å². The lowest BCUT2D eigenvalue weighted by Gasteiger charge is -2.25. The van der Waals surface area contributed by atoms with E-state index in [1.165, 1.54) is 13.8 Å². The maximum Gasteiger partial charge on any atom is 0.322 e. The molecule has 0 bridgehead atoms. The standard InChI is InChI=1S/C18H32N6O7/c1-8(2)14(18(31)23-9(3)15(28)21-7-13(26)27)24-16(29)10(4)22-17(30)11(19)5-6-12(20)25/h8-11,14H,5-7,19H2,1-4H3,(H2,20,25)(H,21,28)(H,22,30)(H,23,31)(H,24,29)(H,26,27)/t9-,10-,11-,14-/m0/s1. The molecule has 0 aromatic heterocycles. The SMILES string of the molecule is CC(C)[C@H](NC(=O)[C@H](C)NC(=O)[C@@H](N)CCC(N)=O)C(=O)N[C@@H](C)C(=O)NCC(=O)O. The first kappa shape index (κ1) is 27.8. The number of carboxylic acids is 1. The molecule has 0 aliphatic rings. The monoisotopic (exact) mass is 444 g/mol. The van der Waals surface area contributed by atoms with Crippen LogP contribution in [0.1, 0.15) is 40.5 Å². The summed E-state index contributed by atoms with van der Waals surface area (Å²) < 4.78 is 0. The Bertz CT molecular complexity index is 697. The van der Waals surface area contributed by atoms with Crippen molar-refractivity contribution in [2.45, 2.75) is 64.7 Å². The van der Waals surface area contributed by atoms with Crippen molar-refractivity contribution in [3.05, 3.63) is 0 Å². The maximum absolute atomic E-state index is 12.5. The predicted molar refractivity (Wildman–Crippen MR) is 109 cm³/mol. The van der Waals surface area contributed by atoms with Crippen LogP contribution >= 0.6 is 0 Å². The second-order valence-electron chi connectivity index (χ2n) is 7.41. The van der Waals surface area contributed by atoms with Crippen LogP contribution in [0.25, 0.3) is 0 Å². The lowest BCUT2D eigenvalue weighted by molar-refractivity contribution is -0.138. The number of rotatable bonds is 13. The molecule has 0 radical (unpaired) electrons. The highest BCUT2D eigenvalue weighted by atomic mass is 16.4. The van der Waals surface area contributed by atoms with E-state index in [0.717, 1.165) is 0 Å². The maximum atomic E-state index is 12.5. The molecule has 0 fully saturated rings. The fraction of sp³-hybridized carbons (Fsp3) is 0.667. The summed E-state index contributed by atoms with van der Waals surface area (Å²) in [5.74, 6) is -4.87. The zero-order chi connectivity index (χ0) is 24.3. The number of nitrogens with one attached hydrogen (secondary N) is 4. The topological polar surface area (TPSA) is 223 Å². The van der Waals surface area contributed by atoms with Gasteiger partial charge in [-0.05, 0) is 26.2 Å². The second kappa shape index (κ2) is 13.2. The molecule has 0 spiro atoms. The van der Waals surface area contributed by atoms with E-state index in [1.54, 1.807) is 13.8 Å². The number of aliphatic carboxylic acids is 1. The number of amides is 5. The quantitative estimate of drug-likeness (QED) is 0.154. The van der Waals surface area contributed by atoms with Gasteiger partial charge in [0.25, 0.3) is 0 Å². The highest BCUT2D eigenvalue weighted by Crippen LogP contribution is 2.04. The van der Waals surface area contributed by atoms with Crippen LogP contribution in [0.3, 0.4) is 0 Å². The molecule has 0 aliphatic heterocycles. The second-order valence-corrected chi connectivity index (χ2v) is 7.41. The summed E-state index contributed by atoms with van der Waals surface area (Å²) in [5.41, 5.74) is 10.7. The Morgan fingerprint density at radius 2 is 1.32 bits per heavy atom. The van der Waals surface area contributed by atoms with Crippen LogP contribution in [0.2, 0.25) is 0 Å². The smallest absolute Gasteiger partial charge is 0.322 e. The van der Waals surface area contributed by atoms with Gasteiger partial charge >= 0.3 is 5.97 Å². The van der Waals surface area contributed by atoms with Crippen LogP contribution in [0.5, 0.6) is 0 Å². The van der Waals surface area contributed by atoms with Crippen LogP contribution in [-0.4, -0.2) is 71.3 Å². The van der Waals surface area contributed by atoms with Crippen LogP contribution < -0.4 is 32.7 Å². The van der Waals surface area contributed by atoms with Crippen molar-refractivity contribution in [1.82, 2.24) is 21.3 Å². The minimum Gasteiger partial charge on any atom is -0.480 e. The summed E-state index contributed by atoms with van der Waals surface area (Å²) in [4.78, 5) is 70.0. The molecule has 0 saturated heterocycles. The van der Waals surface area contributed by atoms with Gasteiger partial charge in [0.05, 0.1) is 6.04 Å². The van der Waals surface area contributed by atoms with Gasteiger partial charge in [-0.15, -0.1) is 0 Å². The molecule has 0 saturated carbocycles. The Morgan fingerprint density at radius 1 is 0.806 bits per heavy atom. The molecule has 9 N–H and O–H groups in total. The number of nitrogens with two attached hydrogens (primary N) is 2. The molecule has 13 nitrogen and oxygen atoms in total. The van der Waals surface area contributed by atoms with E-state index < -0.39 is 66.2 Å². The molecule has 0 unspecified atom stereocenters. The van der Waals surface area contributed by atoms with E-state index in [0.29, 0.717) is 0 Å². The van der Waals surface area contributed by atoms with Gasteiger partial charge in [0, 0.05) is 6.42 Å². The molecule has 0 aromatic rings. The van der Waals surface area contributed by atoms with Crippen molar-refractivity contribution in [2.24, 2.45) is 17.4 Å². The Morgan fingerprint density at radius 3 is 1.81 bits per heavy atom. The number of hydrogen-bond donors (Lipinski definition) is 7. The molecule has 0 aromatic carbocycles. The number of carbonyl (C=O) groups excluding carboxylic acids is 5. The Balaban J connectivity index is 4.85. The number of carboxylic acid groups (broad SMARTS) is 1. The third-order valence-corrected chi connectivity index (χ3v) is 4.20. The lowest BCUT2D eigenvalue weighted by Crippen LogP contribution is -2.58. The molecule has 0 rings (SSSR count). The molecule has 31 heavy (non-hydrogen) atoms. The van der Waals surface area contributed by atoms with Crippen molar-refractivity contribution < 1.29 is 33.9 Å². The summed E-state index contributed by atoms with van der Waals surface area (Å²) in [6, 6.07) is -4.12. The fourth-order valence-electron chi connectivity index (χ4n) is 2.31. The normalized spacial score (nSPS) is 14.5. The molecule has 0 heterocycles. The molecule has 5 amide bonds. The predicted octanol–water partition coefficient (Wildman–Crippen LogP) is -3.07. The first-order valence-electron chi connectivity index (χ1n) is 9.70. The third-order valence-electron chi connectivity index (χ3n) is 4.20. The zero-order valence-electron chi connectivity index (χ0n) is 18.1. The summed E-state index contributed by atoms with van der Waals surface area (Å²) in [6.07, 6.45) is -0.0582. The Labute approximate surface area is 180 Å². The number of primary amides is 1. The van der Waals surface area contributed by atoms with Crippen molar-refractivity contribution in [1.29, 1.82) is 0 Å². The highest BCUT2D eigenvalue weighted by molar-refractivity contribution is 5.95. The average Bonchev–Trinajstić information content (AvgIpc) is 2.67. The van der Waals surface area contributed by atoms with Gasteiger partial charge < -0.3 is 37.8 Å². The lowest BCUT2D eigenvalue weighted by atomic mass is 10.0. The van der Waals surface area contributed by atoms with E-state index in [-0.39, 0.29) is 18.8 Å². The van der Waals surface area contributed by atoms with E-state index in [4.69, 9.17) is 16.6 Å². The van der Waals surface area contributed by atoms with E-state index >= 15 is 0 Å². The molecule has 4 atom stereocenters. The minimum atomic E-state index is -1.23. The van der Waals surface area contributed by atoms with Crippen LogP contribution in [0.15, 0.2) is 0 Å². The minimum absolute atomic E-state index is 0.0222. The summed E-state index contributed by atoms with van der Waals surface area (Å²) in [6.45, 7) is 5.50. The van der Waals surface area contributed by atoms with Gasteiger partial charge in [-0.1, -0.05) is 13.8 Å². The van der Waals surface area contributed by atoms with Crippen LogP contribution in [0.4, 0.5) is 0 Å². The summed E-state index contributed by atoms with van der Waals surface area (Å²) in [5, 5.41) is 18.0. The van der Waals surface area contributed by atoms with Crippen molar-refractivity contribution in [2.75, 3.05) is 6.54 Å². The first-order valence-corrected chi connectivity index (χ1v) is 9.70. The largest absolute Gasteiger partial charge is 0.480 e. The van der Waals surface area contributed by atoms with Gasteiger partial charge in [0.15, 0.2) is 0 Å². The fourth-order valence-corrected chi connectivity index (χ4v) is 2.31. The van der Waals surface area contributed by atoms with E-state index in [9.17, 15) is 28.8 Å². The Kier molecular flexibility index (Phi) is 11.8. The van der Waals surface area contributed by atoms with E-state index in [2.05, 4.69) is 21.3 Å². The van der Waals surface area contributed by atoms with Crippen LogP contribution in [-0.2, 0) is 28.8 Å². The van der Waals surface area contributed by atoms with Gasteiger partial charge in [-0.2, -0.15) is 0 Å². The average molecular weight is 444 g/mol. The summed E-state index contributed by atoms with van der Waals surface area (Å²) >= 11 is 0.